The highest BCUT2D eigenvalue weighted by atomic mass is 16.5. The highest BCUT2D eigenvalue weighted by molar-refractivity contribution is 5.31. The average molecular weight is 298 g/mol. The first-order chi connectivity index (χ1) is 10.6. The van der Waals surface area contributed by atoms with E-state index in [0.717, 1.165) is 24.5 Å². The first-order valence-corrected chi connectivity index (χ1v) is 7.97. The van der Waals surface area contributed by atoms with E-state index in [9.17, 15) is 0 Å². The highest BCUT2D eigenvalue weighted by Crippen LogP contribution is 2.23. The molecule has 2 heteroatoms. The molecular formula is C20H26O2. The van der Waals surface area contributed by atoms with Crippen LogP contribution in [-0.4, -0.2) is 13.7 Å². The summed E-state index contributed by atoms with van der Waals surface area (Å²) in [5.41, 5.74) is 2.64. The topological polar surface area (TPSA) is 18.5 Å². The van der Waals surface area contributed by atoms with E-state index in [1.807, 2.05) is 18.2 Å². The third-order valence-corrected chi connectivity index (χ3v) is 4.03. The van der Waals surface area contributed by atoms with Gasteiger partial charge in [0, 0.05) is 0 Å². The molecule has 0 fully saturated rings. The van der Waals surface area contributed by atoms with Crippen LogP contribution in [0.3, 0.4) is 0 Å². The number of rotatable bonds is 7. The summed E-state index contributed by atoms with van der Waals surface area (Å²) in [4.78, 5) is 0. The smallest absolute Gasteiger partial charge is 0.119 e. The molecule has 0 amide bonds. The summed E-state index contributed by atoms with van der Waals surface area (Å²) in [5, 5.41) is 0. The van der Waals surface area contributed by atoms with E-state index >= 15 is 0 Å². The number of methoxy groups -OCH3 is 1. The summed E-state index contributed by atoms with van der Waals surface area (Å²) < 4.78 is 11.1. The molecule has 2 rings (SSSR count). The lowest BCUT2D eigenvalue weighted by molar-refractivity contribution is 0.300. The normalized spacial score (nSPS) is 12.2. The molecular weight excluding hydrogens is 272 g/mol. The van der Waals surface area contributed by atoms with Crippen LogP contribution < -0.4 is 9.47 Å². The molecule has 0 N–H and O–H groups in total. The van der Waals surface area contributed by atoms with Crippen molar-refractivity contribution in [3.63, 3.8) is 0 Å². The van der Waals surface area contributed by atoms with Crippen LogP contribution in [0.25, 0.3) is 0 Å². The zero-order valence-electron chi connectivity index (χ0n) is 14.0. The molecule has 0 saturated carbocycles. The van der Waals surface area contributed by atoms with E-state index in [2.05, 4.69) is 51.1 Å². The van der Waals surface area contributed by atoms with Crippen LogP contribution in [0, 0.1) is 0 Å². The van der Waals surface area contributed by atoms with Gasteiger partial charge in [0.05, 0.1) is 13.7 Å². The van der Waals surface area contributed by atoms with Crippen LogP contribution in [-0.2, 0) is 0 Å². The van der Waals surface area contributed by atoms with Crippen molar-refractivity contribution in [2.75, 3.05) is 13.7 Å². The quantitative estimate of drug-likeness (QED) is 0.682. The van der Waals surface area contributed by atoms with E-state index in [1.54, 1.807) is 7.11 Å². The minimum atomic E-state index is 0.471. The van der Waals surface area contributed by atoms with Gasteiger partial charge in [0.2, 0.25) is 0 Å². The van der Waals surface area contributed by atoms with Gasteiger partial charge >= 0.3 is 0 Å². The third kappa shape index (κ3) is 4.52. The largest absolute Gasteiger partial charge is 0.497 e. The van der Waals surface area contributed by atoms with E-state index in [0.29, 0.717) is 11.8 Å². The molecule has 118 valence electrons. The summed E-state index contributed by atoms with van der Waals surface area (Å²) in [6, 6.07) is 16.7. The Labute approximate surface area is 134 Å². The number of hydrogen-bond acceptors (Lipinski definition) is 2. The average Bonchev–Trinajstić information content (AvgIpc) is 2.55. The van der Waals surface area contributed by atoms with Crippen LogP contribution in [0.15, 0.2) is 48.5 Å². The van der Waals surface area contributed by atoms with E-state index < -0.39 is 0 Å². The van der Waals surface area contributed by atoms with Gasteiger partial charge in [-0.05, 0) is 53.6 Å². The number of hydrogen-bond donors (Lipinski definition) is 0. The fraction of sp³-hybridized carbons (Fsp3) is 0.400. The monoisotopic (exact) mass is 298 g/mol. The van der Waals surface area contributed by atoms with Crippen molar-refractivity contribution in [1.82, 2.24) is 0 Å². The van der Waals surface area contributed by atoms with E-state index in [4.69, 9.17) is 9.47 Å². The summed E-state index contributed by atoms with van der Waals surface area (Å²) in [6.07, 6.45) is 0.998. The molecule has 22 heavy (non-hydrogen) atoms. The Kier molecular flexibility index (Phi) is 5.88. The highest BCUT2D eigenvalue weighted by Gasteiger charge is 2.07. The molecule has 2 nitrogen and oxygen atoms in total. The van der Waals surface area contributed by atoms with Gasteiger partial charge in [-0.15, -0.1) is 0 Å². The summed E-state index contributed by atoms with van der Waals surface area (Å²) in [5.74, 6) is 2.87. The van der Waals surface area contributed by atoms with Crippen LogP contribution in [0.5, 0.6) is 11.5 Å². The predicted octanol–water partition coefficient (Wildman–Crippen LogP) is 5.39. The van der Waals surface area contributed by atoms with Crippen molar-refractivity contribution in [2.45, 2.75) is 39.0 Å². The Morgan fingerprint density at radius 1 is 0.864 bits per heavy atom. The fourth-order valence-corrected chi connectivity index (χ4v) is 2.42. The molecule has 0 bridgehead atoms. The Hall–Kier alpha value is -1.96. The van der Waals surface area contributed by atoms with E-state index in [1.165, 1.54) is 11.1 Å². The van der Waals surface area contributed by atoms with Gasteiger partial charge in [-0.2, -0.15) is 0 Å². The van der Waals surface area contributed by atoms with Gasteiger partial charge in [0.15, 0.2) is 0 Å². The minimum absolute atomic E-state index is 0.471. The molecule has 0 saturated heterocycles. The van der Waals surface area contributed by atoms with Crippen molar-refractivity contribution in [3.05, 3.63) is 59.7 Å². The molecule has 2 aromatic rings. The first kappa shape index (κ1) is 16.4. The lowest BCUT2D eigenvalue weighted by Gasteiger charge is -2.14. The zero-order chi connectivity index (χ0) is 15.9. The molecule has 0 heterocycles. The van der Waals surface area contributed by atoms with Gasteiger partial charge in [0.1, 0.15) is 11.5 Å². The number of ether oxygens (including phenoxy) is 2. The Morgan fingerprint density at radius 2 is 1.59 bits per heavy atom. The van der Waals surface area contributed by atoms with E-state index in [-0.39, 0.29) is 0 Å². The second-order valence-corrected chi connectivity index (χ2v) is 6.04. The Bertz CT molecular complexity index is 573. The van der Waals surface area contributed by atoms with Crippen molar-refractivity contribution in [3.8, 4) is 11.5 Å². The van der Waals surface area contributed by atoms with Crippen LogP contribution in [0.2, 0.25) is 0 Å². The van der Waals surface area contributed by atoms with Crippen molar-refractivity contribution in [1.29, 1.82) is 0 Å². The molecule has 0 radical (unpaired) electrons. The SMILES string of the molecule is COc1ccc([C@@H](C)CCOc2cccc(C(C)C)c2)cc1. The summed E-state index contributed by atoms with van der Waals surface area (Å²) in [6.45, 7) is 7.36. The Balaban J connectivity index is 1.86. The second-order valence-electron chi connectivity index (χ2n) is 6.04. The molecule has 0 aliphatic carbocycles. The molecule has 0 aliphatic heterocycles. The standard InChI is InChI=1S/C20H26O2/c1-15(2)18-6-5-7-20(14-18)22-13-12-16(3)17-8-10-19(21-4)11-9-17/h5-11,14-16H,12-13H2,1-4H3/t16-/m0/s1. The second kappa shape index (κ2) is 7.88. The van der Waals surface area contributed by atoms with Gasteiger partial charge in [-0.1, -0.05) is 45.0 Å². The summed E-state index contributed by atoms with van der Waals surface area (Å²) in [7, 11) is 1.69. The van der Waals surface area contributed by atoms with Crippen LogP contribution >= 0.6 is 0 Å². The lowest BCUT2D eigenvalue weighted by Crippen LogP contribution is -2.03. The van der Waals surface area contributed by atoms with Crippen molar-refractivity contribution in [2.24, 2.45) is 0 Å². The van der Waals surface area contributed by atoms with Crippen LogP contribution in [0.4, 0.5) is 0 Å². The molecule has 1 atom stereocenters. The van der Waals surface area contributed by atoms with Gasteiger partial charge in [0.25, 0.3) is 0 Å². The number of benzene rings is 2. The maximum absolute atomic E-state index is 5.91. The first-order valence-electron chi connectivity index (χ1n) is 7.97. The van der Waals surface area contributed by atoms with Gasteiger partial charge in [-0.3, -0.25) is 0 Å². The lowest BCUT2D eigenvalue weighted by atomic mass is 9.98. The minimum Gasteiger partial charge on any atom is -0.497 e. The molecule has 2 aromatic carbocycles. The van der Waals surface area contributed by atoms with Crippen LogP contribution in [0.1, 0.15) is 50.2 Å². The predicted molar refractivity (Wildman–Crippen MR) is 92.1 cm³/mol. The maximum atomic E-state index is 5.91. The summed E-state index contributed by atoms with van der Waals surface area (Å²) >= 11 is 0. The molecule has 0 aromatic heterocycles. The van der Waals surface area contributed by atoms with Crippen molar-refractivity contribution < 1.29 is 9.47 Å². The molecule has 0 unspecified atom stereocenters. The maximum Gasteiger partial charge on any atom is 0.119 e. The zero-order valence-corrected chi connectivity index (χ0v) is 14.0. The Morgan fingerprint density at radius 3 is 2.23 bits per heavy atom. The van der Waals surface area contributed by atoms with Gasteiger partial charge in [-0.25, -0.2) is 0 Å². The van der Waals surface area contributed by atoms with Gasteiger partial charge < -0.3 is 9.47 Å². The fourth-order valence-electron chi connectivity index (χ4n) is 2.42. The third-order valence-electron chi connectivity index (χ3n) is 4.03. The van der Waals surface area contributed by atoms with Crippen molar-refractivity contribution >= 4 is 0 Å². The molecule has 0 spiro atoms. The molecule has 0 aliphatic rings.